The van der Waals surface area contributed by atoms with Crippen molar-refractivity contribution in [3.05, 3.63) is 49.1 Å². The van der Waals surface area contributed by atoms with Gasteiger partial charge in [-0.15, -0.1) is 0 Å². The van der Waals surface area contributed by atoms with E-state index in [-0.39, 0.29) is 11.8 Å². The highest BCUT2D eigenvalue weighted by atomic mass is 16.2. The highest BCUT2D eigenvalue weighted by Crippen LogP contribution is 2.23. The molecule has 0 saturated carbocycles. The second-order valence-corrected chi connectivity index (χ2v) is 6.25. The molecule has 9 heteroatoms. The number of anilines is 1. The van der Waals surface area contributed by atoms with Crippen molar-refractivity contribution in [1.29, 1.82) is 0 Å². The molecule has 1 N–H and O–H groups in total. The molecule has 0 atom stereocenters. The van der Waals surface area contributed by atoms with Crippen LogP contribution in [0, 0.1) is 12.8 Å². The maximum atomic E-state index is 12.3. The minimum atomic E-state index is -0.0120. The van der Waals surface area contributed by atoms with Crippen molar-refractivity contribution in [2.75, 3.05) is 24.5 Å². The molecule has 1 aliphatic heterocycles. The Kier molecular flexibility index (Phi) is 4.34. The predicted octanol–water partition coefficient (Wildman–Crippen LogP) is 0.420. The molecule has 0 radical (unpaired) electrons. The Bertz CT molecular complexity index is 882. The summed E-state index contributed by atoms with van der Waals surface area (Å²) >= 11 is 0. The van der Waals surface area contributed by atoms with E-state index in [0.29, 0.717) is 25.5 Å². The van der Waals surface area contributed by atoms with Gasteiger partial charge in [0.05, 0.1) is 5.92 Å². The highest BCUT2D eigenvalue weighted by molar-refractivity contribution is 5.81. The molecule has 0 aliphatic carbocycles. The fraction of sp³-hybridized carbons (Fsp3) is 0.353. The Labute approximate surface area is 150 Å². The average molecular weight is 352 g/mol. The first-order chi connectivity index (χ1) is 12.7. The lowest BCUT2D eigenvalue weighted by atomic mass is 9.99. The minimum absolute atomic E-state index is 0.0120. The standard InChI is InChI=1S/C17H20N8O/c1-13-18-4-7-23(13)8-5-19-17(26)14-10-24(11-14)15-9-16(21-12-20-15)25-6-2-3-22-25/h2-4,6-7,9,12,14H,5,8,10-11H2,1H3,(H,19,26). The third kappa shape index (κ3) is 3.28. The second kappa shape index (κ2) is 6.95. The number of nitrogens with zero attached hydrogens (tertiary/aromatic N) is 7. The van der Waals surface area contributed by atoms with Gasteiger partial charge in [0.15, 0.2) is 5.82 Å². The van der Waals surface area contributed by atoms with E-state index >= 15 is 0 Å². The van der Waals surface area contributed by atoms with E-state index in [1.165, 1.54) is 6.33 Å². The van der Waals surface area contributed by atoms with E-state index in [1.807, 2.05) is 36.0 Å². The molecule has 4 rings (SSSR count). The van der Waals surface area contributed by atoms with Crippen LogP contribution in [0.15, 0.2) is 43.2 Å². The van der Waals surface area contributed by atoms with Crippen molar-refractivity contribution in [2.24, 2.45) is 5.92 Å². The zero-order valence-corrected chi connectivity index (χ0v) is 14.5. The number of imidazole rings is 1. The molecule has 3 aromatic rings. The van der Waals surface area contributed by atoms with Crippen molar-refractivity contribution in [3.63, 3.8) is 0 Å². The Morgan fingerprint density at radius 2 is 2.04 bits per heavy atom. The number of hydrogen-bond acceptors (Lipinski definition) is 6. The highest BCUT2D eigenvalue weighted by Gasteiger charge is 2.33. The summed E-state index contributed by atoms with van der Waals surface area (Å²) < 4.78 is 3.71. The third-order valence-electron chi connectivity index (χ3n) is 4.53. The van der Waals surface area contributed by atoms with Crippen molar-refractivity contribution in [3.8, 4) is 5.82 Å². The molecule has 9 nitrogen and oxygen atoms in total. The largest absolute Gasteiger partial charge is 0.355 e. The Morgan fingerprint density at radius 1 is 1.19 bits per heavy atom. The molecule has 0 bridgehead atoms. The second-order valence-electron chi connectivity index (χ2n) is 6.25. The van der Waals surface area contributed by atoms with Crippen LogP contribution in [-0.4, -0.2) is 54.8 Å². The average Bonchev–Trinajstić information content (AvgIpc) is 3.26. The van der Waals surface area contributed by atoms with Gasteiger partial charge in [0.25, 0.3) is 0 Å². The van der Waals surface area contributed by atoms with Crippen LogP contribution in [0.1, 0.15) is 5.82 Å². The molecule has 1 amide bonds. The number of amides is 1. The van der Waals surface area contributed by atoms with Gasteiger partial charge in [0.2, 0.25) is 5.91 Å². The molecule has 0 unspecified atom stereocenters. The fourth-order valence-electron chi connectivity index (χ4n) is 2.96. The molecular formula is C17H20N8O. The summed E-state index contributed by atoms with van der Waals surface area (Å²) in [6.45, 7) is 4.60. The van der Waals surface area contributed by atoms with Gasteiger partial charge in [0.1, 0.15) is 18.0 Å². The van der Waals surface area contributed by atoms with Crippen LogP contribution in [0.2, 0.25) is 0 Å². The zero-order valence-electron chi connectivity index (χ0n) is 14.5. The molecular weight excluding hydrogens is 332 g/mol. The van der Waals surface area contributed by atoms with Gasteiger partial charge < -0.3 is 14.8 Å². The fourth-order valence-corrected chi connectivity index (χ4v) is 2.96. The number of nitrogens with one attached hydrogen (secondary N) is 1. The number of carbonyl (C=O) groups is 1. The Hall–Kier alpha value is -3.23. The summed E-state index contributed by atoms with van der Waals surface area (Å²) in [5.74, 6) is 2.54. The van der Waals surface area contributed by atoms with Crippen LogP contribution in [0.25, 0.3) is 5.82 Å². The van der Waals surface area contributed by atoms with Gasteiger partial charge in [-0.3, -0.25) is 4.79 Å². The Morgan fingerprint density at radius 3 is 2.77 bits per heavy atom. The molecule has 1 saturated heterocycles. The Balaban J connectivity index is 1.28. The lowest BCUT2D eigenvalue weighted by Gasteiger charge is -2.39. The number of aromatic nitrogens is 6. The minimum Gasteiger partial charge on any atom is -0.355 e. The molecule has 0 spiro atoms. The monoisotopic (exact) mass is 352 g/mol. The molecule has 1 aliphatic rings. The number of carbonyl (C=O) groups excluding carboxylic acids is 1. The van der Waals surface area contributed by atoms with Gasteiger partial charge in [-0.25, -0.2) is 19.6 Å². The van der Waals surface area contributed by atoms with Crippen LogP contribution in [0.5, 0.6) is 0 Å². The van der Waals surface area contributed by atoms with Gasteiger partial charge in [0, 0.05) is 57.0 Å². The third-order valence-corrected chi connectivity index (χ3v) is 4.53. The van der Waals surface area contributed by atoms with Gasteiger partial charge in [-0.1, -0.05) is 0 Å². The van der Waals surface area contributed by atoms with E-state index in [9.17, 15) is 4.79 Å². The summed E-state index contributed by atoms with van der Waals surface area (Å²) in [6.07, 6.45) is 8.74. The van der Waals surface area contributed by atoms with Crippen molar-refractivity contribution in [2.45, 2.75) is 13.5 Å². The van der Waals surface area contributed by atoms with Crippen LogP contribution >= 0.6 is 0 Å². The predicted molar refractivity (Wildman–Crippen MR) is 94.8 cm³/mol. The van der Waals surface area contributed by atoms with Crippen LogP contribution in [-0.2, 0) is 11.3 Å². The molecule has 0 aromatic carbocycles. The molecule has 26 heavy (non-hydrogen) atoms. The summed E-state index contributed by atoms with van der Waals surface area (Å²) in [4.78, 5) is 27.0. The van der Waals surface area contributed by atoms with E-state index in [1.54, 1.807) is 17.1 Å². The molecule has 3 aromatic heterocycles. The number of aryl methyl sites for hydroxylation is 1. The summed E-state index contributed by atoms with van der Waals surface area (Å²) in [7, 11) is 0. The van der Waals surface area contributed by atoms with E-state index in [0.717, 1.165) is 18.2 Å². The van der Waals surface area contributed by atoms with Crippen LogP contribution < -0.4 is 10.2 Å². The molecule has 134 valence electrons. The summed E-state index contributed by atoms with van der Waals surface area (Å²) in [6, 6.07) is 3.72. The van der Waals surface area contributed by atoms with E-state index in [2.05, 4.69) is 30.3 Å². The smallest absolute Gasteiger partial charge is 0.226 e. The number of rotatable bonds is 6. The van der Waals surface area contributed by atoms with E-state index in [4.69, 9.17) is 0 Å². The lowest BCUT2D eigenvalue weighted by Crippen LogP contribution is -2.54. The number of hydrogen-bond donors (Lipinski definition) is 1. The molecule has 1 fully saturated rings. The first-order valence-corrected chi connectivity index (χ1v) is 8.53. The first kappa shape index (κ1) is 16.2. The normalized spacial score (nSPS) is 14.3. The van der Waals surface area contributed by atoms with Gasteiger partial charge >= 0.3 is 0 Å². The van der Waals surface area contributed by atoms with Crippen molar-refractivity contribution in [1.82, 2.24) is 34.6 Å². The van der Waals surface area contributed by atoms with Gasteiger partial charge in [-0.05, 0) is 13.0 Å². The van der Waals surface area contributed by atoms with Crippen LogP contribution in [0.4, 0.5) is 5.82 Å². The zero-order chi connectivity index (χ0) is 17.9. The van der Waals surface area contributed by atoms with Crippen molar-refractivity contribution >= 4 is 11.7 Å². The summed E-state index contributed by atoms with van der Waals surface area (Å²) in [5.41, 5.74) is 0. The van der Waals surface area contributed by atoms with E-state index < -0.39 is 0 Å². The lowest BCUT2D eigenvalue weighted by molar-refractivity contribution is -0.125. The maximum absolute atomic E-state index is 12.3. The summed E-state index contributed by atoms with van der Waals surface area (Å²) in [5, 5.41) is 7.17. The maximum Gasteiger partial charge on any atom is 0.226 e. The first-order valence-electron chi connectivity index (χ1n) is 8.53. The van der Waals surface area contributed by atoms with Crippen LogP contribution in [0.3, 0.4) is 0 Å². The quantitative estimate of drug-likeness (QED) is 0.691. The van der Waals surface area contributed by atoms with Crippen molar-refractivity contribution < 1.29 is 4.79 Å². The topological polar surface area (TPSA) is 93.8 Å². The SMILES string of the molecule is Cc1nccn1CCNC(=O)C1CN(c2cc(-n3cccn3)ncn2)C1. The molecule has 4 heterocycles. The van der Waals surface area contributed by atoms with Gasteiger partial charge in [-0.2, -0.15) is 5.10 Å².